The molecule has 126 valence electrons. The van der Waals surface area contributed by atoms with Crippen LogP contribution >= 0.6 is 39.7 Å². The van der Waals surface area contributed by atoms with Gasteiger partial charge in [-0.25, -0.2) is 8.42 Å². The third-order valence-corrected chi connectivity index (χ3v) is 7.31. The average molecular weight is 433 g/mol. The third-order valence-electron chi connectivity index (χ3n) is 3.32. The third kappa shape index (κ3) is 4.65. The SMILES string of the molecule is CNCCC(=O)N1CCN(S(=O)(=O)c2ccc(Br)s2)CC1.Cl. The first-order chi connectivity index (χ1) is 9.95. The van der Waals surface area contributed by atoms with Gasteiger partial charge in [-0.05, 0) is 35.1 Å². The lowest BCUT2D eigenvalue weighted by molar-refractivity contribution is -0.132. The number of hydrogen-bond acceptors (Lipinski definition) is 5. The molecule has 0 saturated carbocycles. The molecule has 0 atom stereocenters. The van der Waals surface area contributed by atoms with Crippen molar-refractivity contribution in [2.75, 3.05) is 39.8 Å². The molecule has 1 aliphatic heterocycles. The second-order valence-corrected chi connectivity index (χ2v) is 9.32. The topological polar surface area (TPSA) is 69.7 Å². The van der Waals surface area contributed by atoms with Crippen LogP contribution in [-0.2, 0) is 14.8 Å². The Balaban J connectivity index is 0.00000242. The van der Waals surface area contributed by atoms with Crippen molar-refractivity contribution in [2.45, 2.75) is 10.6 Å². The number of carbonyl (C=O) groups is 1. The minimum atomic E-state index is -3.44. The van der Waals surface area contributed by atoms with Gasteiger partial charge in [0.25, 0.3) is 10.0 Å². The van der Waals surface area contributed by atoms with Crippen molar-refractivity contribution in [3.63, 3.8) is 0 Å². The molecular formula is C12H19BrClN3O3S2. The van der Waals surface area contributed by atoms with Crippen LogP contribution in [-0.4, -0.2) is 63.3 Å². The number of nitrogens with one attached hydrogen (secondary N) is 1. The van der Waals surface area contributed by atoms with Gasteiger partial charge in [0, 0.05) is 39.1 Å². The largest absolute Gasteiger partial charge is 0.340 e. The molecule has 1 aliphatic rings. The molecule has 1 aromatic rings. The van der Waals surface area contributed by atoms with Gasteiger partial charge in [0.1, 0.15) is 4.21 Å². The highest BCUT2D eigenvalue weighted by atomic mass is 79.9. The number of sulfonamides is 1. The van der Waals surface area contributed by atoms with Gasteiger partial charge in [-0.3, -0.25) is 4.79 Å². The fraction of sp³-hybridized carbons (Fsp3) is 0.583. The van der Waals surface area contributed by atoms with Crippen LogP contribution in [0.5, 0.6) is 0 Å². The molecule has 10 heteroatoms. The maximum Gasteiger partial charge on any atom is 0.252 e. The lowest BCUT2D eigenvalue weighted by Gasteiger charge is -2.33. The van der Waals surface area contributed by atoms with Gasteiger partial charge in [0.05, 0.1) is 3.79 Å². The van der Waals surface area contributed by atoms with Crippen molar-refractivity contribution in [2.24, 2.45) is 0 Å². The summed E-state index contributed by atoms with van der Waals surface area (Å²) in [4.78, 5) is 13.6. The first kappa shape index (κ1) is 19.9. The molecule has 0 bridgehead atoms. The highest BCUT2D eigenvalue weighted by Crippen LogP contribution is 2.28. The molecule has 1 N–H and O–H groups in total. The monoisotopic (exact) mass is 431 g/mol. The van der Waals surface area contributed by atoms with Gasteiger partial charge >= 0.3 is 0 Å². The molecule has 0 aromatic carbocycles. The normalized spacial score (nSPS) is 16.4. The van der Waals surface area contributed by atoms with Crippen LogP contribution in [0.2, 0.25) is 0 Å². The lowest BCUT2D eigenvalue weighted by Crippen LogP contribution is -2.50. The fourth-order valence-corrected chi connectivity index (χ4v) is 5.72. The second kappa shape index (κ2) is 8.60. The summed E-state index contributed by atoms with van der Waals surface area (Å²) in [5.74, 6) is 0.0697. The molecule has 1 saturated heterocycles. The Morgan fingerprint density at radius 2 is 1.95 bits per heavy atom. The number of hydrogen-bond donors (Lipinski definition) is 1. The number of thiophene rings is 1. The van der Waals surface area contributed by atoms with E-state index in [1.54, 1.807) is 24.1 Å². The molecule has 1 amide bonds. The van der Waals surface area contributed by atoms with Crippen LogP contribution in [0, 0.1) is 0 Å². The maximum atomic E-state index is 12.5. The lowest BCUT2D eigenvalue weighted by atomic mass is 10.3. The predicted molar refractivity (Wildman–Crippen MR) is 93.1 cm³/mol. The van der Waals surface area contributed by atoms with Gasteiger partial charge in [0.2, 0.25) is 5.91 Å². The summed E-state index contributed by atoms with van der Waals surface area (Å²) in [5, 5.41) is 2.94. The number of amides is 1. The quantitative estimate of drug-likeness (QED) is 0.763. The van der Waals surface area contributed by atoms with E-state index < -0.39 is 10.0 Å². The smallest absolute Gasteiger partial charge is 0.252 e. The molecule has 2 rings (SSSR count). The molecule has 2 heterocycles. The Hall–Kier alpha value is -0.190. The van der Waals surface area contributed by atoms with Crippen molar-refractivity contribution in [3.8, 4) is 0 Å². The van der Waals surface area contributed by atoms with Crippen molar-refractivity contribution < 1.29 is 13.2 Å². The van der Waals surface area contributed by atoms with E-state index in [-0.39, 0.29) is 18.3 Å². The first-order valence-corrected chi connectivity index (χ1v) is 9.68. The summed E-state index contributed by atoms with van der Waals surface area (Å²) in [6, 6.07) is 3.34. The van der Waals surface area contributed by atoms with E-state index in [4.69, 9.17) is 0 Å². The van der Waals surface area contributed by atoms with Crippen LogP contribution in [0.4, 0.5) is 0 Å². The van der Waals surface area contributed by atoms with E-state index >= 15 is 0 Å². The summed E-state index contributed by atoms with van der Waals surface area (Å²) in [6.45, 7) is 2.25. The molecule has 6 nitrogen and oxygen atoms in total. The van der Waals surface area contributed by atoms with Crippen molar-refractivity contribution in [1.29, 1.82) is 0 Å². The molecule has 22 heavy (non-hydrogen) atoms. The van der Waals surface area contributed by atoms with E-state index in [9.17, 15) is 13.2 Å². The number of nitrogens with zero attached hydrogens (tertiary/aromatic N) is 2. The standard InChI is InChI=1S/C12H18BrN3O3S2.ClH/c1-14-5-4-11(17)15-6-8-16(9-7-15)21(18,19)12-3-2-10(13)20-12;/h2-3,14H,4-9H2,1H3;1H. The first-order valence-electron chi connectivity index (χ1n) is 6.63. The molecular weight excluding hydrogens is 414 g/mol. The summed E-state index contributed by atoms with van der Waals surface area (Å²) < 4.78 is 27.5. The fourth-order valence-electron chi connectivity index (χ4n) is 2.13. The van der Waals surface area contributed by atoms with Crippen LogP contribution in [0.25, 0.3) is 0 Å². The van der Waals surface area contributed by atoms with Crippen LogP contribution < -0.4 is 5.32 Å². The van der Waals surface area contributed by atoms with Crippen molar-refractivity contribution >= 4 is 55.6 Å². The molecule has 0 unspecified atom stereocenters. The van der Waals surface area contributed by atoms with Crippen molar-refractivity contribution in [1.82, 2.24) is 14.5 Å². The second-order valence-electron chi connectivity index (χ2n) is 4.70. The predicted octanol–water partition coefficient (Wildman–Crippen LogP) is 1.37. The average Bonchev–Trinajstić information content (AvgIpc) is 2.92. The minimum absolute atomic E-state index is 0. The van der Waals surface area contributed by atoms with Gasteiger partial charge < -0.3 is 10.2 Å². The number of piperazine rings is 1. The zero-order chi connectivity index (χ0) is 15.5. The van der Waals surface area contributed by atoms with Gasteiger partial charge in [-0.2, -0.15) is 4.31 Å². The zero-order valence-electron chi connectivity index (χ0n) is 12.1. The van der Waals surface area contributed by atoms with Crippen molar-refractivity contribution in [3.05, 3.63) is 15.9 Å². The van der Waals surface area contributed by atoms with E-state index in [1.165, 1.54) is 15.6 Å². The molecule has 0 aliphatic carbocycles. The number of carbonyl (C=O) groups excluding carboxylic acids is 1. The molecule has 0 radical (unpaired) electrons. The Bertz CT molecular complexity index is 601. The number of halogens is 2. The number of rotatable bonds is 5. The minimum Gasteiger partial charge on any atom is -0.340 e. The summed E-state index contributed by atoms with van der Waals surface area (Å²) in [5.41, 5.74) is 0. The van der Waals surface area contributed by atoms with Crippen LogP contribution in [0.15, 0.2) is 20.1 Å². The Labute approximate surface area is 149 Å². The van der Waals surface area contributed by atoms with E-state index in [0.29, 0.717) is 43.4 Å². The molecule has 1 aromatic heterocycles. The van der Waals surface area contributed by atoms with Crippen LogP contribution in [0.3, 0.4) is 0 Å². The van der Waals surface area contributed by atoms with E-state index in [2.05, 4.69) is 21.2 Å². The van der Waals surface area contributed by atoms with Crippen LogP contribution in [0.1, 0.15) is 6.42 Å². The summed E-state index contributed by atoms with van der Waals surface area (Å²) in [7, 11) is -1.63. The van der Waals surface area contributed by atoms with Gasteiger partial charge in [-0.1, -0.05) is 0 Å². The van der Waals surface area contributed by atoms with Gasteiger partial charge in [0.15, 0.2) is 0 Å². The maximum absolute atomic E-state index is 12.5. The van der Waals surface area contributed by atoms with Gasteiger partial charge in [-0.15, -0.1) is 23.7 Å². The summed E-state index contributed by atoms with van der Waals surface area (Å²) >= 11 is 4.48. The molecule has 0 spiro atoms. The molecule has 1 fully saturated rings. The van der Waals surface area contributed by atoms with E-state index in [0.717, 1.165) is 3.79 Å². The Morgan fingerprint density at radius 1 is 1.32 bits per heavy atom. The zero-order valence-corrected chi connectivity index (χ0v) is 16.2. The Kier molecular flexibility index (Phi) is 7.76. The summed E-state index contributed by atoms with van der Waals surface area (Å²) in [6.07, 6.45) is 0.446. The Morgan fingerprint density at radius 3 is 2.45 bits per heavy atom. The highest BCUT2D eigenvalue weighted by molar-refractivity contribution is 9.11. The highest BCUT2D eigenvalue weighted by Gasteiger charge is 2.30. The van der Waals surface area contributed by atoms with E-state index in [1.807, 2.05) is 0 Å².